The highest BCUT2D eigenvalue weighted by atomic mass is 19.1. The number of hydrogen-bond acceptors (Lipinski definition) is 3. The van der Waals surface area contributed by atoms with Gasteiger partial charge in [0, 0.05) is 31.9 Å². The van der Waals surface area contributed by atoms with E-state index in [-0.39, 0.29) is 31.1 Å². The molecule has 1 aromatic carbocycles. The molecule has 1 aromatic rings. The van der Waals surface area contributed by atoms with Crippen LogP contribution in [-0.4, -0.2) is 30.9 Å². The summed E-state index contributed by atoms with van der Waals surface area (Å²) >= 11 is 0. The normalized spacial score (nSPS) is 12.0. The van der Waals surface area contributed by atoms with Crippen LogP contribution < -0.4 is 10.6 Å². The maximum atomic E-state index is 13.4. The van der Waals surface area contributed by atoms with E-state index in [9.17, 15) is 9.18 Å². The molecule has 0 aliphatic heterocycles. The molecule has 1 rings (SSSR count). The van der Waals surface area contributed by atoms with Crippen molar-refractivity contribution in [1.29, 1.82) is 0 Å². The Labute approximate surface area is 118 Å². The van der Waals surface area contributed by atoms with Gasteiger partial charge in [0.2, 0.25) is 0 Å². The highest BCUT2D eigenvalue weighted by Gasteiger charge is 2.07. The molecule has 0 aromatic heterocycles. The van der Waals surface area contributed by atoms with Gasteiger partial charge in [-0.15, -0.1) is 0 Å². The third kappa shape index (κ3) is 5.54. The number of carbonyl (C=O) groups excluding carboxylic acids is 1. The molecule has 0 aliphatic carbocycles. The van der Waals surface area contributed by atoms with Gasteiger partial charge in [-0.3, -0.25) is 0 Å². The van der Waals surface area contributed by atoms with E-state index in [1.54, 1.807) is 12.1 Å². The number of benzene rings is 1. The zero-order chi connectivity index (χ0) is 15.0. The summed E-state index contributed by atoms with van der Waals surface area (Å²) in [5.74, 6) is -0.323. The molecule has 0 saturated heterocycles. The fourth-order valence-corrected chi connectivity index (χ4v) is 1.73. The molecule has 0 bridgehead atoms. The third-order valence-corrected chi connectivity index (χ3v) is 2.80. The van der Waals surface area contributed by atoms with Gasteiger partial charge in [-0.25, -0.2) is 9.18 Å². The third-order valence-electron chi connectivity index (χ3n) is 2.80. The molecule has 0 saturated carbocycles. The number of urea groups is 1. The van der Waals surface area contributed by atoms with E-state index in [1.165, 1.54) is 13.2 Å². The molecule has 1 atom stereocenters. The molecule has 0 unspecified atom stereocenters. The Bertz CT molecular complexity index is 440. The average molecular weight is 284 g/mol. The Balaban J connectivity index is 2.49. The first kappa shape index (κ1) is 16.4. The molecule has 0 aliphatic rings. The number of methoxy groups -OCH3 is 1. The van der Waals surface area contributed by atoms with Gasteiger partial charge >= 0.3 is 6.03 Å². The standard InChI is InChI=1S/C14H21FN2O3/c1-10(5-6-18)17-14(19)16-8-11-3-4-13(15)12(7-11)9-20-2/h3-4,7,10,18H,5-6,8-9H2,1-2H3,(H2,16,17,19)/t10-/m1/s1. The average Bonchev–Trinajstić information content (AvgIpc) is 2.40. The van der Waals surface area contributed by atoms with Crippen LogP contribution in [0.5, 0.6) is 0 Å². The van der Waals surface area contributed by atoms with Crippen LogP contribution in [0.1, 0.15) is 24.5 Å². The van der Waals surface area contributed by atoms with Gasteiger partial charge in [-0.1, -0.05) is 6.07 Å². The van der Waals surface area contributed by atoms with Gasteiger partial charge < -0.3 is 20.5 Å². The van der Waals surface area contributed by atoms with Gasteiger partial charge in [-0.05, 0) is 31.0 Å². The van der Waals surface area contributed by atoms with Gasteiger partial charge in [0.05, 0.1) is 6.61 Å². The van der Waals surface area contributed by atoms with Crippen LogP contribution in [0, 0.1) is 5.82 Å². The molecule has 112 valence electrons. The second kappa shape index (κ2) is 8.50. The Morgan fingerprint density at radius 2 is 2.25 bits per heavy atom. The lowest BCUT2D eigenvalue weighted by atomic mass is 10.1. The molecule has 0 spiro atoms. The summed E-state index contributed by atoms with van der Waals surface area (Å²) in [7, 11) is 1.50. The Morgan fingerprint density at radius 3 is 2.90 bits per heavy atom. The van der Waals surface area contributed by atoms with Crippen LogP contribution in [0.4, 0.5) is 9.18 Å². The zero-order valence-corrected chi connectivity index (χ0v) is 11.8. The number of hydrogen-bond donors (Lipinski definition) is 3. The predicted molar refractivity (Wildman–Crippen MR) is 73.6 cm³/mol. The monoisotopic (exact) mass is 284 g/mol. The predicted octanol–water partition coefficient (Wildman–Crippen LogP) is 1.54. The number of carbonyl (C=O) groups is 1. The summed E-state index contributed by atoms with van der Waals surface area (Å²) in [5.41, 5.74) is 1.25. The van der Waals surface area contributed by atoms with E-state index in [1.807, 2.05) is 6.92 Å². The van der Waals surface area contributed by atoms with Crippen molar-refractivity contribution in [3.63, 3.8) is 0 Å². The lowest BCUT2D eigenvalue weighted by Gasteiger charge is -2.13. The number of halogens is 1. The van der Waals surface area contributed by atoms with Crippen LogP contribution in [0.2, 0.25) is 0 Å². The van der Waals surface area contributed by atoms with Gasteiger partial charge in [0.15, 0.2) is 0 Å². The molecular weight excluding hydrogens is 263 g/mol. The van der Waals surface area contributed by atoms with Crippen molar-refractivity contribution < 1.29 is 19.0 Å². The van der Waals surface area contributed by atoms with E-state index in [4.69, 9.17) is 9.84 Å². The SMILES string of the molecule is COCc1cc(CNC(=O)N[C@H](C)CCO)ccc1F. The van der Waals surface area contributed by atoms with E-state index in [0.717, 1.165) is 5.56 Å². The number of aliphatic hydroxyl groups excluding tert-OH is 1. The lowest BCUT2D eigenvalue weighted by Crippen LogP contribution is -2.40. The second-order valence-corrected chi connectivity index (χ2v) is 4.60. The summed E-state index contributed by atoms with van der Waals surface area (Å²) in [6, 6.07) is 4.22. The van der Waals surface area contributed by atoms with Crippen LogP contribution in [-0.2, 0) is 17.9 Å². The number of nitrogens with one attached hydrogen (secondary N) is 2. The smallest absolute Gasteiger partial charge is 0.315 e. The molecular formula is C14H21FN2O3. The maximum Gasteiger partial charge on any atom is 0.315 e. The maximum absolute atomic E-state index is 13.4. The Morgan fingerprint density at radius 1 is 1.50 bits per heavy atom. The quantitative estimate of drug-likeness (QED) is 0.711. The lowest BCUT2D eigenvalue weighted by molar-refractivity contribution is 0.181. The second-order valence-electron chi connectivity index (χ2n) is 4.60. The number of amides is 2. The van der Waals surface area contributed by atoms with Crippen LogP contribution in [0.25, 0.3) is 0 Å². The summed E-state index contributed by atoms with van der Waals surface area (Å²) < 4.78 is 18.3. The number of ether oxygens (including phenoxy) is 1. The summed E-state index contributed by atoms with van der Waals surface area (Å²) in [4.78, 5) is 11.6. The van der Waals surface area contributed by atoms with E-state index < -0.39 is 0 Å². The molecule has 20 heavy (non-hydrogen) atoms. The van der Waals surface area contributed by atoms with Crippen LogP contribution in [0.15, 0.2) is 18.2 Å². The summed E-state index contributed by atoms with van der Waals surface area (Å²) in [5, 5.41) is 14.1. The molecule has 0 radical (unpaired) electrons. The largest absolute Gasteiger partial charge is 0.396 e. The van der Waals surface area contributed by atoms with Crippen molar-refractivity contribution in [2.45, 2.75) is 32.5 Å². The van der Waals surface area contributed by atoms with Gasteiger partial charge in [-0.2, -0.15) is 0 Å². The van der Waals surface area contributed by atoms with Gasteiger partial charge in [0.25, 0.3) is 0 Å². The van der Waals surface area contributed by atoms with Crippen LogP contribution in [0.3, 0.4) is 0 Å². The molecule has 3 N–H and O–H groups in total. The summed E-state index contributed by atoms with van der Waals surface area (Å²) in [6.07, 6.45) is 0.502. The minimum atomic E-state index is -0.323. The molecule has 0 fully saturated rings. The first-order chi connectivity index (χ1) is 9.56. The summed E-state index contributed by atoms with van der Waals surface area (Å²) in [6.45, 7) is 2.33. The molecule has 2 amide bonds. The van der Waals surface area contributed by atoms with Gasteiger partial charge in [0.1, 0.15) is 5.82 Å². The minimum Gasteiger partial charge on any atom is -0.396 e. The van der Waals surface area contributed by atoms with Crippen molar-refractivity contribution in [3.8, 4) is 0 Å². The zero-order valence-electron chi connectivity index (χ0n) is 11.8. The first-order valence-corrected chi connectivity index (χ1v) is 6.48. The van der Waals surface area contributed by atoms with Crippen molar-refractivity contribution in [2.75, 3.05) is 13.7 Å². The van der Waals surface area contributed by atoms with Crippen molar-refractivity contribution >= 4 is 6.03 Å². The Kier molecular flexibility index (Phi) is 6.97. The topological polar surface area (TPSA) is 70.6 Å². The minimum absolute atomic E-state index is 0.0276. The fraction of sp³-hybridized carbons (Fsp3) is 0.500. The van der Waals surface area contributed by atoms with E-state index in [2.05, 4.69) is 10.6 Å². The molecule has 5 nitrogen and oxygen atoms in total. The molecule has 0 heterocycles. The molecule has 6 heteroatoms. The Hall–Kier alpha value is -1.66. The van der Waals surface area contributed by atoms with E-state index in [0.29, 0.717) is 18.5 Å². The van der Waals surface area contributed by atoms with Crippen molar-refractivity contribution in [1.82, 2.24) is 10.6 Å². The first-order valence-electron chi connectivity index (χ1n) is 6.48. The highest BCUT2D eigenvalue weighted by Crippen LogP contribution is 2.11. The van der Waals surface area contributed by atoms with Crippen molar-refractivity contribution in [3.05, 3.63) is 35.1 Å². The number of rotatable bonds is 7. The van der Waals surface area contributed by atoms with Crippen LogP contribution >= 0.6 is 0 Å². The number of aliphatic hydroxyl groups is 1. The fourth-order valence-electron chi connectivity index (χ4n) is 1.73. The highest BCUT2D eigenvalue weighted by molar-refractivity contribution is 5.74. The van der Waals surface area contributed by atoms with Crippen molar-refractivity contribution in [2.24, 2.45) is 0 Å². The van der Waals surface area contributed by atoms with E-state index >= 15 is 0 Å².